The molecule has 3 aromatic rings. The van der Waals surface area contributed by atoms with Crippen LogP contribution in [-0.2, 0) is 4.79 Å². The third kappa shape index (κ3) is 2.12. The van der Waals surface area contributed by atoms with Crippen molar-refractivity contribution in [2.24, 2.45) is 5.73 Å². The van der Waals surface area contributed by atoms with Gasteiger partial charge in [0.25, 0.3) is 11.7 Å². The predicted molar refractivity (Wildman–Crippen MR) is 75.8 cm³/mol. The number of hydrogen-bond acceptors (Lipinski definition) is 3. The van der Waals surface area contributed by atoms with Crippen LogP contribution < -0.4 is 10.5 Å². The number of Topliss-reactive ketones (excluding diaryl/α,β-unsaturated/α-hetero) is 1. The number of pyridine rings is 1. The highest BCUT2D eigenvalue weighted by atomic mass is 16.5. The van der Waals surface area contributed by atoms with E-state index in [0.29, 0.717) is 15.8 Å². The molecule has 2 N–H and O–H groups in total. The number of nitrogens with zero attached hydrogens (tertiary/aromatic N) is 2. The minimum Gasteiger partial charge on any atom is -0.619 e. The Morgan fingerprint density at radius 1 is 1.10 bits per heavy atom. The molecule has 1 aromatic carbocycles. The van der Waals surface area contributed by atoms with E-state index in [1.54, 1.807) is 35.0 Å². The molecule has 2 heterocycles. The molecule has 0 saturated heterocycles. The Kier molecular flexibility index (Phi) is 2.91. The third-order valence-electron chi connectivity index (χ3n) is 3.24. The molecular weight excluding hydrogens is 270 g/mol. The minimum atomic E-state index is -0.997. The fourth-order valence-electron chi connectivity index (χ4n) is 2.27. The Labute approximate surface area is 119 Å². The first kappa shape index (κ1) is 12.9. The molecule has 0 aliphatic heterocycles. The molecule has 0 aliphatic carbocycles. The lowest BCUT2D eigenvalue weighted by atomic mass is 10.1. The van der Waals surface area contributed by atoms with Gasteiger partial charge in [0.1, 0.15) is 0 Å². The number of para-hydroxylation sites is 1. The Morgan fingerprint density at radius 2 is 1.76 bits per heavy atom. The Hall–Kier alpha value is -3.15. The van der Waals surface area contributed by atoms with Crippen LogP contribution in [0.2, 0.25) is 0 Å². The molecule has 0 unspecified atom stereocenters. The molecule has 1 amide bonds. The standard InChI is InChI=1S/C15H11N3O3/c16-15(20)14(19)12-9-18(10-5-7-17(21)8-6-10)13-4-2-1-3-11(12)13/h1-9H,(H2,16,20). The lowest BCUT2D eigenvalue weighted by molar-refractivity contribution is -0.605. The van der Waals surface area contributed by atoms with E-state index < -0.39 is 11.7 Å². The second-order valence-electron chi connectivity index (χ2n) is 4.54. The van der Waals surface area contributed by atoms with Crippen LogP contribution in [0.4, 0.5) is 0 Å². The first-order chi connectivity index (χ1) is 10.1. The van der Waals surface area contributed by atoms with Gasteiger partial charge >= 0.3 is 0 Å². The highest BCUT2D eigenvalue weighted by molar-refractivity contribution is 6.44. The van der Waals surface area contributed by atoms with Gasteiger partial charge in [0.15, 0.2) is 12.4 Å². The third-order valence-corrected chi connectivity index (χ3v) is 3.24. The molecule has 0 radical (unpaired) electrons. The van der Waals surface area contributed by atoms with E-state index in [1.807, 2.05) is 12.1 Å². The van der Waals surface area contributed by atoms with E-state index in [2.05, 4.69) is 0 Å². The van der Waals surface area contributed by atoms with Crippen LogP contribution in [0.5, 0.6) is 0 Å². The Balaban J connectivity index is 2.27. The van der Waals surface area contributed by atoms with Gasteiger partial charge in [-0.05, 0) is 6.07 Å². The van der Waals surface area contributed by atoms with Gasteiger partial charge in [-0.25, -0.2) is 0 Å². The second-order valence-corrected chi connectivity index (χ2v) is 4.54. The van der Waals surface area contributed by atoms with Crippen molar-refractivity contribution in [3.8, 4) is 5.69 Å². The molecule has 0 bridgehead atoms. The minimum absolute atomic E-state index is 0.247. The van der Waals surface area contributed by atoms with Crippen LogP contribution in [0.3, 0.4) is 0 Å². The lowest BCUT2D eigenvalue weighted by Crippen LogP contribution is -2.24. The average molecular weight is 281 g/mol. The van der Waals surface area contributed by atoms with E-state index in [1.165, 1.54) is 12.4 Å². The van der Waals surface area contributed by atoms with Gasteiger partial charge in [-0.2, -0.15) is 4.73 Å². The number of rotatable bonds is 3. The number of aromatic nitrogens is 2. The van der Waals surface area contributed by atoms with Crippen molar-refractivity contribution in [2.45, 2.75) is 0 Å². The monoisotopic (exact) mass is 281 g/mol. The van der Waals surface area contributed by atoms with Crippen molar-refractivity contribution >= 4 is 22.6 Å². The Bertz CT molecular complexity index is 850. The van der Waals surface area contributed by atoms with E-state index in [0.717, 1.165) is 5.52 Å². The predicted octanol–water partition coefficient (Wildman–Crippen LogP) is 0.932. The zero-order valence-corrected chi connectivity index (χ0v) is 10.9. The molecule has 104 valence electrons. The van der Waals surface area contributed by atoms with Crippen molar-refractivity contribution < 1.29 is 14.3 Å². The quantitative estimate of drug-likeness (QED) is 0.335. The summed E-state index contributed by atoms with van der Waals surface area (Å²) >= 11 is 0. The number of primary amides is 1. The maximum Gasteiger partial charge on any atom is 0.289 e. The summed E-state index contributed by atoms with van der Waals surface area (Å²) in [4.78, 5) is 23.1. The smallest absolute Gasteiger partial charge is 0.289 e. The number of amides is 1. The topological polar surface area (TPSA) is 92.0 Å². The van der Waals surface area contributed by atoms with Gasteiger partial charge in [-0.15, -0.1) is 0 Å². The highest BCUT2D eigenvalue weighted by Gasteiger charge is 2.19. The summed E-state index contributed by atoms with van der Waals surface area (Å²) in [6, 6.07) is 10.4. The average Bonchev–Trinajstić information content (AvgIpc) is 2.87. The summed E-state index contributed by atoms with van der Waals surface area (Å²) in [5.41, 5.74) is 6.80. The van der Waals surface area contributed by atoms with Crippen LogP contribution in [0.15, 0.2) is 55.0 Å². The van der Waals surface area contributed by atoms with Crippen molar-refractivity contribution in [3.63, 3.8) is 0 Å². The van der Waals surface area contributed by atoms with E-state index >= 15 is 0 Å². The fraction of sp³-hybridized carbons (Fsp3) is 0. The van der Waals surface area contributed by atoms with Crippen molar-refractivity contribution in [2.75, 3.05) is 0 Å². The number of hydrogen-bond donors (Lipinski definition) is 1. The van der Waals surface area contributed by atoms with Crippen LogP contribution in [0.25, 0.3) is 16.6 Å². The molecule has 6 nitrogen and oxygen atoms in total. The first-order valence-electron chi connectivity index (χ1n) is 6.21. The molecule has 0 spiro atoms. The van der Waals surface area contributed by atoms with Gasteiger partial charge < -0.3 is 15.5 Å². The molecular formula is C15H11N3O3. The molecule has 2 aromatic heterocycles. The van der Waals surface area contributed by atoms with E-state index in [4.69, 9.17) is 5.73 Å². The van der Waals surface area contributed by atoms with Gasteiger partial charge in [0, 0.05) is 23.7 Å². The van der Waals surface area contributed by atoms with Gasteiger partial charge in [0.2, 0.25) is 0 Å². The van der Waals surface area contributed by atoms with Crippen molar-refractivity contribution in [3.05, 3.63) is 65.8 Å². The summed E-state index contributed by atoms with van der Waals surface area (Å²) in [6.45, 7) is 0. The second kappa shape index (κ2) is 4.75. The lowest BCUT2D eigenvalue weighted by Gasteiger charge is -2.04. The summed E-state index contributed by atoms with van der Waals surface area (Å²) in [5, 5.41) is 11.8. The Morgan fingerprint density at radius 3 is 2.43 bits per heavy atom. The molecule has 6 heteroatoms. The zero-order valence-electron chi connectivity index (χ0n) is 10.9. The number of carbonyl (C=O) groups is 2. The highest BCUT2D eigenvalue weighted by Crippen LogP contribution is 2.24. The van der Waals surface area contributed by atoms with Crippen molar-refractivity contribution in [1.29, 1.82) is 0 Å². The number of fused-ring (bicyclic) bond motifs is 1. The zero-order chi connectivity index (χ0) is 15.0. The van der Waals surface area contributed by atoms with Crippen LogP contribution in [0, 0.1) is 5.21 Å². The SMILES string of the molecule is NC(=O)C(=O)c1cn(-c2cc[n+]([O-])cc2)c2ccccc12. The number of nitrogens with two attached hydrogens (primary N) is 1. The maximum atomic E-state index is 11.9. The normalized spacial score (nSPS) is 10.7. The van der Waals surface area contributed by atoms with Gasteiger partial charge in [-0.3, -0.25) is 9.59 Å². The first-order valence-corrected chi connectivity index (χ1v) is 6.21. The van der Waals surface area contributed by atoms with Crippen molar-refractivity contribution in [1.82, 2.24) is 4.57 Å². The molecule has 0 fully saturated rings. The van der Waals surface area contributed by atoms with E-state index in [-0.39, 0.29) is 5.56 Å². The molecule has 0 aliphatic rings. The molecule has 3 rings (SSSR count). The van der Waals surface area contributed by atoms with Crippen LogP contribution in [0.1, 0.15) is 10.4 Å². The van der Waals surface area contributed by atoms with Crippen LogP contribution >= 0.6 is 0 Å². The number of benzene rings is 1. The molecule has 21 heavy (non-hydrogen) atoms. The summed E-state index contributed by atoms with van der Waals surface area (Å²) in [5.74, 6) is -1.73. The van der Waals surface area contributed by atoms with Gasteiger partial charge in [-0.1, -0.05) is 18.2 Å². The number of carbonyl (C=O) groups excluding carboxylic acids is 2. The molecule has 0 atom stereocenters. The summed E-state index contributed by atoms with van der Waals surface area (Å²) < 4.78 is 2.41. The van der Waals surface area contributed by atoms with Crippen LogP contribution in [-0.4, -0.2) is 16.3 Å². The van der Waals surface area contributed by atoms with E-state index in [9.17, 15) is 14.8 Å². The fourth-order valence-corrected chi connectivity index (χ4v) is 2.27. The summed E-state index contributed by atoms with van der Waals surface area (Å²) in [7, 11) is 0. The maximum absolute atomic E-state index is 11.9. The largest absolute Gasteiger partial charge is 0.619 e. The summed E-state index contributed by atoms with van der Waals surface area (Å²) in [6.07, 6.45) is 4.28. The van der Waals surface area contributed by atoms with Gasteiger partial charge in [0.05, 0.1) is 16.8 Å². The number of ketones is 1. The molecule has 0 saturated carbocycles.